The molecule has 0 atom stereocenters. The first-order chi connectivity index (χ1) is 13.5. The van der Waals surface area contributed by atoms with E-state index in [1.54, 1.807) is 23.1 Å². The van der Waals surface area contributed by atoms with Crippen molar-refractivity contribution < 1.29 is 4.79 Å². The lowest BCUT2D eigenvalue weighted by atomic mass is 10.1. The average molecular weight is 414 g/mol. The van der Waals surface area contributed by atoms with E-state index in [-0.39, 0.29) is 11.5 Å². The third kappa shape index (κ3) is 4.00. The number of fused-ring (bicyclic) bond motifs is 3. The number of H-pyrrole nitrogens is 1. The summed E-state index contributed by atoms with van der Waals surface area (Å²) in [5.74, 6) is 1.98. The van der Waals surface area contributed by atoms with Crippen LogP contribution in [-0.2, 0) is 23.4 Å². The Hall–Kier alpha value is -2.12. The summed E-state index contributed by atoms with van der Waals surface area (Å²) in [6.07, 6.45) is 3.62. The molecule has 2 heterocycles. The Kier molecular flexibility index (Phi) is 5.55. The number of carbonyl (C=O) groups is 1. The van der Waals surface area contributed by atoms with Crippen molar-refractivity contribution in [1.29, 1.82) is 0 Å². The van der Waals surface area contributed by atoms with Gasteiger partial charge in [-0.15, -0.1) is 11.3 Å². The van der Waals surface area contributed by atoms with Crippen LogP contribution < -0.4 is 10.9 Å². The maximum atomic E-state index is 12.5. The van der Waals surface area contributed by atoms with E-state index in [1.165, 1.54) is 16.0 Å². The first-order valence-corrected chi connectivity index (χ1v) is 11.5. The van der Waals surface area contributed by atoms with Gasteiger partial charge in [0.15, 0.2) is 0 Å². The van der Waals surface area contributed by atoms with Crippen LogP contribution in [0.2, 0.25) is 0 Å². The number of amides is 1. The molecule has 2 aromatic heterocycles. The second-order valence-electron chi connectivity index (χ2n) is 7.20. The Bertz CT molecular complexity index is 1100. The normalized spacial score (nSPS) is 13.1. The molecule has 146 valence electrons. The van der Waals surface area contributed by atoms with E-state index in [9.17, 15) is 9.59 Å². The van der Waals surface area contributed by atoms with Gasteiger partial charge in [-0.05, 0) is 61.9 Å². The third-order valence-electron chi connectivity index (χ3n) is 5.13. The van der Waals surface area contributed by atoms with Crippen molar-refractivity contribution in [2.24, 2.45) is 0 Å². The summed E-state index contributed by atoms with van der Waals surface area (Å²) in [4.78, 5) is 34.3. The number of benzene rings is 1. The molecule has 3 aromatic rings. The zero-order chi connectivity index (χ0) is 19.7. The second-order valence-corrected chi connectivity index (χ2v) is 9.39. The average Bonchev–Trinajstić information content (AvgIpc) is 3.22. The minimum absolute atomic E-state index is 0.00217. The predicted molar refractivity (Wildman–Crippen MR) is 118 cm³/mol. The molecule has 5 nitrogen and oxygen atoms in total. The lowest BCUT2D eigenvalue weighted by Gasteiger charge is -2.07. The maximum Gasteiger partial charge on any atom is 0.259 e. The van der Waals surface area contributed by atoms with Gasteiger partial charge < -0.3 is 10.3 Å². The lowest BCUT2D eigenvalue weighted by molar-refractivity contribution is -0.115. The van der Waals surface area contributed by atoms with Crippen LogP contribution in [0.15, 0.2) is 23.0 Å². The SMILES string of the molecule is Cc1ccc(NC(=O)CCSCc2nc3sc4c(c3c(=O)[nH]2)CCC4)cc1C. The number of thiophene rings is 1. The summed E-state index contributed by atoms with van der Waals surface area (Å²) >= 11 is 3.27. The largest absolute Gasteiger partial charge is 0.326 e. The summed E-state index contributed by atoms with van der Waals surface area (Å²) in [5, 5.41) is 3.73. The molecule has 0 bridgehead atoms. The van der Waals surface area contributed by atoms with E-state index in [4.69, 9.17) is 0 Å². The van der Waals surface area contributed by atoms with Crippen LogP contribution >= 0.6 is 23.1 Å². The third-order valence-corrected chi connectivity index (χ3v) is 7.28. The quantitative estimate of drug-likeness (QED) is 0.589. The Morgan fingerprint density at radius 2 is 2.14 bits per heavy atom. The van der Waals surface area contributed by atoms with E-state index in [0.29, 0.717) is 23.8 Å². The molecule has 1 aliphatic carbocycles. The van der Waals surface area contributed by atoms with Gasteiger partial charge in [0.2, 0.25) is 5.91 Å². The number of nitrogens with zero attached hydrogens (tertiary/aromatic N) is 1. The Morgan fingerprint density at radius 3 is 2.96 bits per heavy atom. The fraction of sp³-hybridized carbons (Fsp3) is 0.381. The smallest absolute Gasteiger partial charge is 0.259 e. The van der Waals surface area contributed by atoms with Crippen molar-refractivity contribution in [1.82, 2.24) is 9.97 Å². The first-order valence-electron chi connectivity index (χ1n) is 9.49. The molecule has 1 aromatic carbocycles. The van der Waals surface area contributed by atoms with E-state index in [2.05, 4.69) is 22.2 Å². The van der Waals surface area contributed by atoms with Crippen LogP contribution in [0.25, 0.3) is 10.2 Å². The molecule has 0 fully saturated rings. The Labute approximate surface area is 172 Å². The van der Waals surface area contributed by atoms with Crippen molar-refractivity contribution >= 4 is 44.9 Å². The molecule has 7 heteroatoms. The molecule has 1 aliphatic rings. The summed E-state index contributed by atoms with van der Waals surface area (Å²) in [6, 6.07) is 5.93. The molecule has 0 aliphatic heterocycles. The highest BCUT2D eigenvalue weighted by molar-refractivity contribution is 7.98. The highest BCUT2D eigenvalue weighted by atomic mass is 32.2. The van der Waals surface area contributed by atoms with Crippen LogP contribution in [0, 0.1) is 13.8 Å². The van der Waals surface area contributed by atoms with Gasteiger partial charge in [-0.1, -0.05) is 6.07 Å². The van der Waals surface area contributed by atoms with Gasteiger partial charge >= 0.3 is 0 Å². The van der Waals surface area contributed by atoms with Crippen LogP contribution in [0.3, 0.4) is 0 Å². The minimum Gasteiger partial charge on any atom is -0.326 e. The van der Waals surface area contributed by atoms with Gasteiger partial charge in [0, 0.05) is 22.7 Å². The molecule has 0 saturated heterocycles. The standard InChI is InChI=1S/C21H23N3O2S2/c1-12-6-7-14(10-13(12)2)22-18(25)8-9-27-11-17-23-20(26)19-15-4-3-5-16(15)28-21(19)24-17/h6-7,10H,3-5,8-9,11H2,1-2H3,(H,22,25)(H,23,24,26). The van der Waals surface area contributed by atoms with Gasteiger partial charge in [0.1, 0.15) is 10.7 Å². The van der Waals surface area contributed by atoms with Gasteiger partial charge in [0.25, 0.3) is 5.56 Å². The van der Waals surface area contributed by atoms with Crippen molar-refractivity contribution in [2.75, 3.05) is 11.1 Å². The molecular weight excluding hydrogens is 390 g/mol. The number of anilines is 1. The van der Waals surface area contributed by atoms with Crippen molar-refractivity contribution in [3.05, 3.63) is 55.9 Å². The van der Waals surface area contributed by atoms with Crippen molar-refractivity contribution in [3.8, 4) is 0 Å². The Balaban J connectivity index is 1.31. The minimum atomic E-state index is -0.0208. The highest BCUT2D eigenvalue weighted by Crippen LogP contribution is 2.34. The molecule has 0 saturated carbocycles. The summed E-state index contributed by atoms with van der Waals surface area (Å²) in [5.41, 5.74) is 4.39. The molecule has 4 rings (SSSR count). The number of aromatic nitrogens is 2. The fourth-order valence-electron chi connectivity index (χ4n) is 3.49. The van der Waals surface area contributed by atoms with E-state index >= 15 is 0 Å². The summed E-state index contributed by atoms with van der Waals surface area (Å²) < 4.78 is 0. The molecule has 28 heavy (non-hydrogen) atoms. The zero-order valence-corrected chi connectivity index (χ0v) is 17.7. The molecular formula is C21H23N3O2S2. The summed E-state index contributed by atoms with van der Waals surface area (Å²) in [7, 11) is 0. The maximum absolute atomic E-state index is 12.5. The van der Waals surface area contributed by atoms with Crippen molar-refractivity contribution in [3.63, 3.8) is 0 Å². The number of carbonyl (C=O) groups excluding carboxylic acids is 1. The highest BCUT2D eigenvalue weighted by Gasteiger charge is 2.21. The fourth-order valence-corrected chi connectivity index (χ4v) is 5.58. The van der Waals surface area contributed by atoms with Crippen molar-refractivity contribution in [2.45, 2.75) is 45.3 Å². The number of hydrogen-bond donors (Lipinski definition) is 2. The van der Waals surface area contributed by atoms with E-state index in [1.807, 2.05) is 25.1 Å². The number of nitrogens with one attached hydrogen (secondary N) is 2. The number of aromatic amines is 1. The number of rotatable bonds is 6. The van der Waals surface area contributed by atoms with E-state index in [0.717, 1.165) is 40.7 Å². The number of aryl methyl sites for hydroxylation is 4. The van der Waals surface area contributed by atoms with Gasteiger partial charge in [0.05, 0.1) is 11.1 Å². The predicted octanol–water partition coefficient (Wildman–Crippen LogP) is 4.35. The van der Waals surface area contributed by atoms with Crippen LogP contribution in [0.1, 0.15) is 40.2 Å². The molecule has 1 amide bonds. The zero-order valence-electron chi connectivity index (χ0n) is 16.1. The molecule has 2 N–H and O–H groups in total. The molecule has 0 spiro atoms. The van der Waals surface area contributed by atoms with Gasteiger partial charge in [-0.2, -0.15) is 11.8 Å². The topological polar surface area (TPSA) is 74.8 Å². The van der Waals surface area contributed by atoms with Crippen LogP contribution in [0.4, 0.5) is 5.69 Å². The van der Waals surface area contributed by atoms with Gasteiger partial charge in [-0.25, -0.2) is 4.98 Å². The lowest BCUT2D eigenvalue weighted by Crippen LogP contribution is -2.13. The second kappa shape index (κ2) is 8.09. The number of hydrogen-bond acceptors (Lipinski definition) is 5. The van der Waals surface area contributed by atoms with Crippen LogP contribution in [-0.4, -0.2) is 21.6 Å². The molecule has 0 unspecified atom stereocenters. The van der Waals surface area contributed by atoms with Gasteiger partial charge in [-0.3, -0.25) is 9.59 Å². The molecule has 0 radical (unpaired) electrons. The van der Waals surface area contributed by atoms with E-state index < -0.39 is 0 Å². The van der Waals surface area contributed by atoms with Crippen LogP contribution in [0.5, 0.6) is 0 Å². The Morgan fingerprint density at radius 1 is 1.29 bits per heavy atom. The summed E-state index contributed by atoms with van der Waals surface area (Å²) in [6.45, 7) is 4.09. The number of thioether (sulfide) groups is 1. The monoisotopic (exact) mass is 413 g/mol. The first kappa shape index (κ1) is 19.2.